The van der Waals surface area contributed by atoms with Crippen LogP contribution in [0.25, 0.3) is 0 Å². The molecule has 0 amide bonds. The summed E-state index contributed by atoms with van der Waals surface area (Å²) in [4.78, 5) is 0. The zero-order valence-corrected chi connectivity index (χ0v) is 12.1. The third-order valence-electron chi connectivity index (χ3n) is 1.06. The number of unbranched alkanes of at least 4 members (excludes halogenated alkanes) is 1. The predicted molar refractivity (Wildman–Crippen MR) is 62.2 cm³/mol. The quantitative estimate of drug-likeness (QED) is 0.328. The fraction of sp³-hybridized carbons (Fsp3) is 0.900. The second-order valence-electron chi connectivity index (χ2n) is 1.96. The van der Waals surface area contributed by atoms with Crippen LogP contribution in [0, 0.1) is 6.92 Å². The molecule has 0 aliphatic carbocycles. The Labute approximate surface area is 110 Å². The third-order valence-corrected chi connectivity index (χ3v) is 1.06. The number of nitrogens with one attached hydrogen (secondary N) is 1. The summed E-state index contributed by atoms with van der Waals surface area (Å²) in [5, 5.41) is 24.3. The maximum absolute atomic E-state index is 7.00. The van der Waals surface area contributed by atoms with E-state index in [1.54, 1.807) is 0 Å². The van der Waals surface area contributed by atoms with Gasteiger partial charge in [0.1, 0.15) is 0 Å². The molecule has 15 heavy (non-hydrogen) atoms. The molecule has 0 saturated carbocycles. The zero-order valence-electron chi connectivity index (χ0n) is 10.6. The number of hydrogen-bond donors (Lipinski definition) is 4. The molecule has 0 atom stereocenters. The Bertz CT molecular complexity index is 45.6. The Balaban J connectivity index is -0.0000000410. The molecule has 0 rings (SSSR count). The minimum atomic E-state index is 0. The molecule has 0 spiro atoms. The summed E-state index contributed by atoms with van der Waals surface area (Å²) in [6, 6.07) is 0. The number of rotatable bonds is 5. The summed E-state index contributed by atoms with van der Waals surface area (Å²) >= 11 is 0. The fourth-order valence-corrected chi connectivity index (χ4v) is 0.552. The molecule has 5 heteroatoms. The van der Waals surface area contributed by atoms with E-state index in [1.807, 2.05) is 0 Å². The van der Waals surface area contributed by atoms with Gasteiger partial charge in [-0.2, -0.15) is 6.42 Å². The largest absolute Gasteiger partial charge is 0.400 e. The molecule has 0 fully saturated rings. The zero-order chi connectivity index (χ0) is 12.2. The van der Waals surface area contributed by atoms with Crippen LogP contribution in [0.3, 0.4) is 0 Å². The summed E-state index contributed by atoms with van der Waals surface area (Å²) < 4.78 is 0. The molecule has 0 saturated heterocycles. The number of aliphatic hydroxyl groups excluding tert-OH is 3. The van der Waals surface area contributed by atoms with Crippen molar-refractivity contribution in [3.8, 4) is 0 Å². The first-order valence-corrected chi connectivity index (χ1v) is 4.76. The normalized spacial score (nSPS) is 6.40. The summed E-state index contributed by atoms with van der Waals surface area (Å²) in [6.45, 7) is 8.15. The minimum absolute atomic E-state index is 0. The molecule has 0 bridgehead atoms. The fourth-order valence-electron chi connectivity index (χ4n) is 0.552. The van der Waals surface area contributed by atoms with Crippen LogP contribution in [0.4, 0.5) is 0 Å². The van der Waals surface area contributed by atoms with E-state index in [0.29, 0.717) is 0 Å². The SMILES string of the molecule is CO.CO.CO.[CH2-]CCNCCCC.[Ti]. The van der Waals surface area contributed by atoms with Crippen molar-refractivity contribution in [3.05, 3.63) is 6.92 Å². The monoisotopic (exact) mass is 258 g/mol. The summed E-state index contributed by atoms with van der Waals surface area (Å²) in [5.41, 5.74) is 0. The van der Waals surface area contributed by atoms with Gasteiger partial charge >= 0.3 is 0 Å². The van der Waals surface area contributed by atoms with Crippen molar-refractivity contribution >= 4 is 0 Å². The van der Waals surface area contributed by atoms with E-state index in [0.717, 1.165) is 40.8 Å². The topological polar surface area (TPSA) is 72.7 Å². The second-order valence-corrected chi connectivity index (χ2v) is 1.96. The van der Waals surface area contributed by atoms with Gasteiger partial charge in [0.05, 0.1) is 0 Å². The van der Waals surface area contributed by atoms with Crippen LogP contribution in [0.15, 0.2) is 0 Å². The molecule has 0 unspecified atom stereocenters. The molecular weight excluding hydrogens is 230 g/mol. The van der Waals surface area contributed by atoms with E-state index in [2.05, 4.69) is 19.2 Å². The molecule has 4 nitrogen and oxygen atoms in total. The van der Waals surface area contributed by atoms with Gasteiger partial charge in [0.2, 0.25) is 0 Å². The number of hydrogen-bond acceptors (Lipinski definition) is 4. The standard InChI is InChI=1S/C7H16N.3CH4O.Ti/c1-3-5-7-8-6-4-2;3*1-2;/h8H,2-7H2,1H3;3*2H,1H3;/q-1;;;;. The molecule has 0 aliphatic rings. The Hall–Kier alpha value is 0.554. The van der Waals surface area contributed by atoms with E-state index < -0.39 is 0 Å². The van der Waals surface area contributed by atoms with Gasteiger partial charge in [0.25, 0.3) is 0 Å². The summed E-state index contributed by atoms with van der Waals surface area (Å²) in [7, 11) is 3.00. The summed E-state index contributed by atoms with van der Waals surface area (Å²) in [6.07, 6.45) is 3.58. The summed E-state index contributed by atoms with van der Waals surface area (Å²) in [5.74, 6) is 0. The number of aliphatic hydroxyl groups is 3. The predicted octanol–water partition coefficient (Wildman–Crippen LogP) is 0.423. The van der Waals surface area contributed by atoms with E-state index in [9.17, 15) is 0 Å². The molecular formula is C10H28NO3Ti-. The van der Waals surface area contributed by atoms with Crippen molar-refractivity contribution in [2.24, 2.45) is 0 Å². The van der Waals surface area contributed by atoms with Gasteiger partial charge in [-0.15, -0.1) is 0 Å². The first kappa shape index (κ1) is 29.6. The Morgan fingerprint density at radius 2 is 1.33 bits per heavy atom. The average molecular weight is 258 g/mol. The molecule has 0 aromatic carbocycles. The molecule has 0 aromatic heterocycles. The minimum Gasteiger partial charge on any atom is -0.400 e. The van der Waals surface area contributed by atoms with Crippen LogP contribution in [-0.2, 0) is 21.7 Å². The molecule has 0 radical (unpaired) electrons. The Kier molecular flexibility index (Phi) is 123. The first-order chi connectivity index (χ1) is 6.91. The van der Waals surface area contributed by atoms with Crippen molar-refractivity contribution in [3.63, 3.8) is 0 Å². The van der Waals surface area contributed by atoms with Crippen molar-refractivity contribution < 1.29 is 37.0 Å². The van der Waals surface area contributed by atoms with Crippen LogP contribution in [0.5, 0.6) is 0 Å². The van der Waals surface area contributed by atoms with Gasteiger partial charge in [0, 0.05) is 43.0 Å². The average Bonchev–Trinajstić information content (AvgIpc) is 2.33. The van der Waals surface area contributed by atoms with Gasteiger partial charge in [0.15, 0.2) is 0 Å². The third kappa shape index (κ3) is 74.4. The van der Waals surface area contributed by atoms with Crippen molar-refractivity contribution in [2.45, 2.75) is 26.2 Å². The van der Waals surface area contributed by atoms with Gasteiger partial charge in [-0.1, -0.05) is 13.3 Å². The van der Waals surface area contributed by atoms with E-state index in [-0.39, 0.29) is 21.7 Å². The van der Waals surface area contributed by atoms with Gasteiger partial charge < -0.3 is 27.6 Å². The van der Waals surface area contributed by atoms with Crippen LogP contribution in [0.1, 0.15) is 26.2 Å². The molecule has 0 aromatic rings. The Morgan fingerprint density at radius 1 is 0.933 bits per heavy atom. The molecule has 0 aliphatic heterocycles. The van der Waals surface area contributed by atoms with Crippen molar-refractivity contribution in [1.82, 2.24) is 5.32 Å². The van der Waals surface area contributed by atoms with E-state index in [1.165, 1.54) is 12.8 Å². The van der Waals surface area contributed by atoms with E-state index >= 15 is 0 Å². The van der Waals surface area contributed by atoms with Crippen LogP contribution < -0.4 is 5.32 Å². The first-order valence-electron chi connectivity index (χ1n) is 4.76. The maximum Gasteiger partial charge on any atom is 0.0319 e. The van der Waals surface area contributed by atoms with Gasteiger partial charge in [-0.25, -0.2) is 0 Å². The molecule has 4 N–H and O–H groups in total. The van der Waals surface area contributed by atoms with Gasteiger partial charge in [-0.05, 0) is 19.5 Å². The molecule has 0 heterocycles. The maximum atomic E-state index is 7.00. The van der Waals surface area contributed by atoms with Crippen LogP contribution in [0.2, 0.25) is 0 Å². The molecule has 96 valence electrons. The van der Waals surface area contributed by atoms with Crippen molar-refractivity contribution in [1.29, 1.82) is 0 Å². The van der Waals surface area contributed by atoms with Crippen molar-refractivity contribution in [2.75, 3.05) is 34.4 Å². The van der Waals surface area contributed by atoms with Crippen LogP contribution >= 0.6 is 0 Å². The van der Waals surface area contributed by atoms with Gasteiger partial charge in [-0.3, -0.25) is 0 Å². The smallest absolute Gasteiger partial charge is 0.0319 e. The van der Waals surface area contributed by atoms with Crippen LogP contribution in [-0.4, -0.2) is 49.7 Å². The van der Waals surface area contributed by atoms with E-state index in [4.69, 9.17) is 15.3 Å². The second kappa shape index (κ2) is 62.2. The Morgan fingerprint density at radius 3 is 1.60 bits per heavy atom.